The van der Waals surface area contributed by atoms with Crippen molar-refractivity contribution in [2.75, 3.05) is 19.3 Å². The molecular formula is C11H21NO2S. The van der Waals surface area contributed by atoms with Crippen molar-refractivity contribution in [3.05, 3.63) is 0 Å². The minimum Gasteiger partial charge on any atom is -0.316 e. The van der Waals surface area contributed by atoms with E-state index in [1.165, 1.54) is 19.1 Å². The molecular weight excluding hydrogens is 210 g/mol. The van der Waals surface area contributed by atoms with Crippen LogP contribution in [0.3, 0.4) is 0 Å². The SMILES string of the molecule is CS(=O)(=O)C1CCCC(C2CCNC2)C1. The molecule has 0 aromatic carbocycles. The van der Waals surface area contributed by atoms with Crippen molar-refractivity contribution in [3.63, 3.8) is 0 Å². The highest BCUT2D eigenvalue weighted by molar-refractivity contribution is 7.91. The molecule has 1 saturated carbocycles. The van der Waals surface area contributed by atoms with Gasteiger partial charge in [-0.2, -0.15) is 0 Å². The highest BCUT2D eigenvalue weighted by Crippen LogP contribution is 2.35. The number of sulfone groups is 1. The standard InChI is InChI=1S/C11H21NO2S/c1-15(13,14)11-4-2-3-9(7-11)10-5-6-12-8-10/h9-12H,2-8H2,1H3. The second-order valence-corrected chi connectivity index (χ2v) is 7.46. The molecule has 2 rings (SSSR count). The normalized spacial score (nSPS) is 38.1. The molecule has 0 spiro atoms. The Kier molecular flexibility index (Phi) is 3.36. The summed E-state index contributed by atoms with van der Waals surface area (Å²) in [7, 11) is -2.81. The first kappa shape index (κ1) is 11.4. The first-order chi connectivity index (χ1) is 7.07. The molecule has 0 aromatic rings. The quantitative estimate of drug-likeness (QED) is 0.777. The fourth-order valence-electron chi connectivity index (χ4n) is 3.08. The molecule has 1 aliphatic carbocycles. The molecule has 15 heavy (non-hydrogen) atoms. The van der Waals surface area contributed by atoms with Gasteiger partial charge in [0.25, 0.3) is 0 Å². The van der Waals surface area contributed by atoms with E-state index in [4.69, 9.17) is 0 Å². The van der Waals surface area contributed by atoms with Crippen LogP contribution in [-0.4, -0.2) is 33.0 Å². The van der Waals surface area contributed by atoms with Crippen LogP contribution in [0.1, 0.15) is 32.1 Å². The number of hydrogen-bond acceptors (Lipinski definition) is 3. The molecule has 2 fully saturated rings. The lowest BCUT2D eigenvalue weighted by Gasteiger charge is -2.31. The molecule has 0 amide bonds. The topological polar surface area (TPSA) is 46.2 Å². The molecule has 4 heteroatoms. The van der Waals surface area contributed by atoms with Gasteiger partial charge in [-0.15, -0.1) is 0 Å². The van der Waals surface area contributed by atoms with Gasteiger partial charge in [0.1, 0.15) is 9.84 Å². The van der Waals surface area contributed by atoms with Crippen LogP contribution >= 0.6 is 0 Å². The molecule has 88 valence electrons. The van der Waals surface area contributed by atoms with Gasteiger partial charge in [-0.05, 0) is 44.2 Å². The average Bonchev–Trinajstić information content (AvgIpc) is 2.69. The molecule has 0 bridgehead atoms. The van der Waals surface area contributed by atoms with Gasteiger partial charge in [0, 0.05) is 6.26 Å². The van der Waals surface area contributed by atoms with Crippen LogP contribution in [0.4, 0.5) is 0 Å². The molecule has 1 aliphatic heterocycles. The van der Waals surface area contributed by atoms with Crippen LogP contribution in [0, 0.1) is 11.8 Å². The summed E-state index contributed by atoms with van der Waals surface area (Å²) in [5, 5.41) is 3.32. The number of nitrogens with one attached hydrogen (secondary N) is 1. The molecule has 1 heterocycles. The lowest BCUT2D eigenvalue weighted by atomic mass is 9.79. The lowest BCUT2D eigenvalue weighted by Crippen LogP contribution is -2.31. The maximum atomic E-state index is 11.5. The van der Waals surface area contributed by atoms with Gasteiger partial charge in [0.05, 0.1) is 5.25 Å². The molecule has 3 nitrogen and oxygen atoms in total. The van der Waals surface area contributed by atoms with Gasteiger partial charge < -0.3 is 5.32 Å². The van der Waals surface area contributed by atoms with Crippen LogP contribution in [-0.2, 0) is 9.84 Å². The van der Waals surface area contributed by atoms with Crippen molar-refractivity contribution in [3.8, 4) is 0 Å². The van der Waals surface area contributed by atoms with E-state index in [-0.39, 0.29) is 5.25 Å². The Morgan fingerprint density at radius 1 is 1.13 bits per heavy atom. The molecule has 1 N–H and O–H groups in total. The van der Waals surface area contributed by atoms with Crippen LogP contribution < -0.4 is 5.32 Å². The largest absolute Gasteiger partial charge is 0.316 e. The first-order valence-electron chi connectivity index (χ1n) is 5.97. The Morgan fingerprint density at radius 3 is 2.53 bits per heavy atom. The predicted molar refractivity (Wildman–Crippen MR) is 61.6 cm³/mol. The van der Waals surface area contributed by atoms with Crippen molar-refractivity contribution in [2.45, 2.75) is 37.4 Å². The first-order valence-corrected chi connectivity index (χ1v) is 7.92. The van der Waals surface area contributed by atoms with Gasteiger partial charge in [-0.3, -0.25) is 0 Å². The van der Waals surface area contributed by atoms with Gasteiger partial charge in [-0.1, -0.05) is 12.8 Å². The summed E-state index contributed by atoms with van der Waals surface area (Å²) in [5.41, 5.74) is 0. The third kappa shape index (κ3) is 2.72. The Bertz CT molecular complexity index is 307. The molecule has 1 saturated heterocycles. The van der Waals surface area contributed by atoms with Crippen molar-refractivity contribution >= 4 is 9.84 Å². The molecule has 3 atom stereocenters. The fourth-order valence-corrected chi connectivity index (χ4v) is 4.27. The Labute approximate surface area is 92.6 Å². The Morgan fingerprint density at radius 2 is 1.93 bits per heavy atom. The van der Waals surface area contributed by atoms with Crippen molar-refractivity contribution in [1.29, 1.82) is 0 Å². The summed E-state index contributed by atoms with van der Waals surface area (Å²) in [6.45, 7) is 2.21. The van der Waals surface area contributed by atoms with Gasteiger partial charge in [0.2, 0.25) is 0 Å². The van der Waals surface area contributed by atoms with Crippen LogP contribution in [0.5, 0.6) is 0 Å². The van der Waals surface area contributed by atoms with Crippen LogP contribution in [0.2, 0.25) is 0 Å². The van der Waals surface area contributed by atoms with E-state index >= 15 is 0 Å². The van der Waals surface area contributed by atoms with Crippen LogP contribution in [0.15, 0.2) is 0 Å². The molecule has 0 aromatic heterocycles. The molecule has 3 unspecified atom stereocenters. The zero-order chi connectivity index (χ0) is 10.9. The zero-order valence-corrected chi connectivity index (χ0v) is 10.2. The maximum absolute atomic E-state index is 11.5. The number of rotatable bonds is 2. The van der Waals surface area contributed by atoms with E-state index in [9.17, 15) is 8.42 Å². The monoisotopic (exact) mass is 231 g/mol. The lowest BCUT2D eigenvalue weighted by molar-refractivity contribution is 0.264. The van der Waals surface area contributed by atoms with Crippen molar-refractivity contribution in [2.24, 2.45) is 11.8 Å². The third-order valence-electron chi connectivity index (χ3n) is 4.04. The van der Waals surface area contributed by atoms with E-state index in [2.05, 4.69) is 5.32 Å². The predicted octanol–water partition coefficient (Wildman–Crippen LogP) is 1.20. The van der Waals surface area contributed by atoms with Gasteiger partial charge >= 0.3 is 0 Å². The maximum Gasteiger partial charge on any atom is 0.150 e. The van der Waals surface area contributed by atoms with Crippen molar-refractivity contribution < 1.29 is 8.42 Å². The van der Waals surface area contributed by atoms with E-state index < -0.39 is 9.84 Å². The second kappa shape index (κ2) is 4.42. The summed E-state index contributed by atoms with van der Waals surface area (Å²) in [6.07, 6.45) is 6.76. The van der Waals surface area contributed by atoms with Gasteiger partial charge in [0.15, 0.2) is 0 Å². The summed E-state index contributed by atoms with van der Waals surface area (Å²) in [4.78, 5) is 0. The van der Waals surface area contributed by atoms with E-state index in [1.807, 2.05) is 0 Å². The van der Waals surface area contributed by atoms with E-state index in [0.717, 1.165) is 38.3 Å². The smallest absolute Gasteiger partial charge is 0.150 e. The number of hydrogen-bond donors (Lipinski definition) is 1. The molecule has 2 aliphatic rings. The highest BCUT2D eigenvalue weighted by atomic mass is 32.2. The van der Waals surface area contributed by atoms with E-state index in [1.54, 1.807) is 0 Å². The zero-order valence-electron chi connectivity index (χ0n) is 9.41. The van der Waals surface area contributed by atoms with Crippen molar-refractivity contribution in [1.82, 2.24) is 5.32 Å². The van der Waals surface area contributed by atoms with Gasteiger partial charge in [-0.25, -0.2) is 8.42 Å². The highest BCUT2D eigenvalue weighted by Gasteiger charge is 2.33. The molecule has 0 radical (unpaired) electrons. The van der Waals surface area contributed by atoms with Crippen LogP contribution in [0.25, 0.3) is 0 Å². The average molecular weight is 231 g/mol. The minimum atomic E-state index is -2.81. The Balaban J connectivity index is 1.97. The summed E-state index contributed by atoms with van der Waals surface area (Å²) >= 11 is 0. The Hall–Kier alpha value is -0.0900. The summed E-state index contributed by atoms with van der Waals surface area (Å²) < 4.78 is 23.1. The van der Waals surface area contributed by atoms with E-state index in [0.29, 0.717) is 5.92 Å². The third-order valence-corrected chi connectivity index (χ3v) is 5.68. The second-order valence-electron chi connectivity index (χ2n) is 5.13. The summed E-state index contributed by atoms with van der Waals surface area (Å²) in [5.74, 6) is 1.38. The minimum absolute atomic E-state index is 0.0585. The fraction of sp³-hybridized carbons (Fsp3) is 1.00. The summed E-state index contributed by atoms with van der Waals surface area (Å²) in [6, 6.07) is 0.